The molecule has 0 radical (unpaired) electrons. The first kappa shape index (κ1) is 24.6. The lowest BCUT2D eigenvalue weighted by Gasteiger charge is -2.27. The molecule has 0 bridgehead atoms. The molecular formula is C28H33N3O4. The molecule has 1 unspecified atom stereocenters. The number of benzene rings is 2. The van der Waals surface area contributed by atoms with Crippen LogP contribution in [-0.2, 0) is 20.9 Å². The normalized spacial score (nSPS) is 18.7. The Kier molecular flexibility index (Phi) is 7.95. The summed E-state index contributed by atoms with van der Waals surface area (Å²) in [7, 11) is 0. The van der Waals surface area contributed by atoms with Crippen LogP contribution in [0.3, 0.4) is 0 Å². The molecule has 7 heteroatoms. The molecule has 1 aliphatic carbocycles. The second-order valence-electron chi connectivity index (χ2n) is 9.37. The Bertz CT molecular complexity index is 1100. The largest absolute Gasteiger partial charge is 0.445 e. The molecule has 4 rings (SSSR count). The van der Waals surface area contributed by atoms with Crippen LogP contribution < -0.4 is 10.2 Å². The van der Waals surface area contributed by atoms with E-state index in [4.69, 9.17) is 4.74 Å². The maximum absolute atomic E-state index is 13.7. The number of anilines is 1. The fourth-order valence-corrected chi connectivity index (χ4v) is 4.90. The van der Waals surface area contributed by atoms with Gasteiger partial charge in [-0.3, -0.25) is 19.9 Å². The summed E-state index contributed by atoms with van der Waals surface area (Å²) in [4.78, 5) is 45.6. The van der Waals surface area contributed by atoms with Gasteiger partial charge >= 0.3 is 6.09 Å². The van der Waals surface area contributed by atoms with Crippen LogP contribution in [0.15, 0.2) is 53.5 Å². The van der Waals surface area contributed by atoms with Gasteiger partial charge in [-0.1, -0.05) is 74.2 Å². The minimum Gasteiger partial charge on any atom is -0.445 e. The van der Waals surface area contributed by atoms with E-state index in [1.54, 1.807) is 0 Å². The van der Waals surface area contributed by atoms with E-state index in [2.05, 4.69) is 10.3 Å². The molecule has 1 aliphatic heterocycles. The van der Waals surface area contributed by atoms with Gasteiger partial charge in [0, 0.05) is 17.2 Å². The first-order valence-corrected chi connectivity index (χ1v) is 12.4. The molecule has 35 heavy (non-hydrogen) atoms. The van der Waals surface area contributed by atoms with Crippen molar-refractivity contribution in [2.75, 3.05) is 11.4 Å². The molecule has 0 saturated heterocycles. The summed E-state index contributed by atoms with van der Waals surface area (Å²) in [6.45, 7) is 3.79. The molecular weight excluding hydrogens is 442 g/mol. The first-order chi connectivity index (χ1) is 16.9. The summed E-state index contributed by atoms with van der Waals surface area (Å²) in [5.74, 6) is -0.402. The highest BCUT2D eigenvalue weighted by atomic mass is 16.5. The maximum atomic E-state index is 13.7. The molecule has 184 valence electrons. The number of aliphatic imine (C=N–C) groups is 1. The highest BCUT2D eigenvalue weighted by Gasteiger charge is 2.35. The van der Waals surface area contributed by atoms with Crippen molar-refractivity contribution in [2.24, 2.45) is 10.9 Å². The predicted octanol–water partition coefficient (Wildman–Crippen LogP) is 4.94. The van der Waals surface area contributed by atoms with Crippen LogP contribution in [0.2, 0.25) is 0 Å². The highest BCUT2D eigenvalue weighted by Crippen LogP contribution is 2.31. The average Bonchev–Trinajstić information content (AvgIpc) is 3.19. The number of ketones is 1. The number of benzodiazepines with no additional fused rings is 1. The standard InChI is InChI=1S/C28H33N3O4/c1-19-11-10-16-23-20(2)29-26(30-28(34)35-18-21-12-6-5-7-13-21)27(33)31(25(19)23)17-24(32)22-14-8-3-4-9-15-22/h5-7,10-13,16,22,26H,3-4,8-9,14-15,17-18H2,1-2H3,(H,30,34). The Balaban J connectivity index is 1.55. The van der Waals surface area contributed by atoms with E-state index in [0.29, 0.717) is 11.4 Å². The van der Waals surface area contributed by atoms with E-state index < -0.39 is 18.2 Å². The molecule has 1 fully saturated rings. The van der Waals surface area contributed by atoms with Gasteiger partial charge in [0.2, 0.25) is 6.17 Å². The number of rotatable bonds is 6. The van der Waals surface area contributed by atoms with E-state index >= 15 is 0 Å². The molecule has 1 atom stereocenters. The Morgan fingerprint density at radius 3 is 2.43 bits per heavy atom. The van der Waals surface area contributed by atoms with Crippen molar-refractivity contribution in [3.8, 4) is 0 Å². The summed E-state index contributed by atoms with van der Waals surface area (Å²) in [5.41, 5.74) is 3.81. The second-order valence-corrected chi connectivity index (χ2v) is 9.37. The summed E-state index contributed by atoms with van der Waals surface area (Å²) >= 11 is 0. The summed E-state index contributed by atoms with van der Waals surface area (Å²) in [6, 6.07) is 15.0. The second kappa shape index (κ2) is 11.3. The number of nitrogens with one attached hydrogen (secondary N) is 1. The molecule has 1 saturated carbocycles. The van der Waals surface area contributed by atoms with Crippen LogP contribution >= 0.6 is 0 Å². The maximum Gasteiger partial charge on any atom is 0.409 e. The van der Waals surface area contributed by atoms with Gasteiger partial charge in [-0.05, 0) is 37.8 Å². The SMILES string of the molecule is CC1=NC(NC(=O)OCc2ccccc2)C(=O)N(CC(=O)C2CCCCCC2)c2c(C)cccc21. The fourth-order valence-electron chi connectivity index (χ4n) is 4.90. The van der Waals surface area contributed by atoms with Gasteiger partial charge in [-0.15, -0.1) is 0 Å². The van der Waals surface area contributed by atoms with Crippen molar-refractivity contribution in [1.29, 1.82) is 0 Å². The van der Waals surface area contributed by atoms with Gasteiger partial charge < -0.3 is 9.64 Å². The number of hydrogen-bond acceptors (Lipinski definition) is 5. The number of aryl methyl sites for hydroxylation is 1. The molecule has 0 spiro atoms. The Morgan fingerprint density at radius 1 is 1.00 bits per heavy atom. The number of Topliss-reactive ketones (excluding diaryl/α,β-unsaturated/α-hetero) is 1. The van der Waals surface area contributed by atoms with E-state index in [1.807, 2.05) is 62.4 Å². The summed E-state index contributed by atoms with van der Waals surface area (Å²) in [6.07, 6.45) is 4.21. The zero-order valence-electron chi connectivity index (χ0n) is 20.5. The van der Waals surface area contributed by atoms with Gasteiger partial charge in [0.05, 0.1) is 12.2 Å². The fraction of sp³-hybridized carbons (Fsp3) is 0.429. The molecule has 1 N–H and O–H groups in total. The molecule has 2 aromatic rings. The third kappa shape index (κ3) is 5.96. The molecule has 2 amide bonds. The van der Waals surface area contributed by atoms with Crippen molar-refractivity contribution in [2.45, 2.75) is 65.1 Å². The lowest BCUT2D eigenvalue weighted by atomic mass is 9.94. The van der Waals surface area contributed by atoms with Crippen LogP contribution in [0.1, 0.15) is 62.1 Å². The molecule has 2 aliphatic rings. The third-order valence-corrected chi connectivity index (χ3v) is 6.81. The first-order valence-electron chi connectivity index (χ1n) is 12.4. The Hall–Kier alpha value is -3.48. The minimum atomic E-state index is -1.17. The van der Waals surface area contributed by atoms with Crippen molar-refractivity contribution in [1.82, 2.24) is 5.32 Å². The minimum absolute atomic E-state index is 0.0264. The van der Waals surface area contributed by atoms with Gasteiger partial charge in [0.25, 0.3) is 5.91 Å². The predicted molar refractivity (Wildman–Crippen MR) is 135 cm³/mol. The van der Waals surface area contributed by atoms with Crippen LogP contribution in [0.5, 0.6) is 0 Å². The lowest BCUT2D eigenvalue weighted by molar-refractivity contribution is -0.125. The number of amides is 2. The number of carbonyl (C=O) groups is 3. The van der Waals surface area contributed by atoms with Gasteiger partial charge in [-0.2, -0.15) is 0 Å². The summed E-state index contributed by atoms with van der Waals surface area (Å²) < 4.78 is 5.32. The molecule has 0 aromatic heterocycles. The van der Waals surface area contributed by atoms with E-state index in [9.17, 15) is 14.4 Å². The van der Waals surface area contributed by atoms with E-state index in [-0.39, 0.29) is 24.9 Å². The van der Waals surface area contributed by atoms with E-state index in [0.717, 1.165) is 55.2 Å². The number of hydrogen-bond donors (Lipinski definition) is 1. The van der Waals surface area contributed by atoms with Crippen LogP contribution in [0.4, 0.5) is 10.5 Å². The smallest absolute Gasteiger partial charge is 0.409 e. The topological polar surface area (TPSA) is 88.1 Å². The number of alkyl carbamates (subject to hydrolysis) is 1. The van der Waals surface area contributed by atoms with Gasteiger partial charge in [0.1, 0.15) is 6.61 Å². The number of para-hydroxylation sites is 1. The van der Waals surface area contributed by atoms with Crippen LogP contribution in [0, 0.1) is 12.8 Å². The van der Waals surface area contributed by atoms with Crippen LogP contribution in [0.25, 0.3) is 0 Å². The monoisotopic (exact) mass is 475 g/mol. The molecule has 2 aromatic carbocycles. The number of nitrogens with zero attached hydrogens (tertiary/aromatic N) is 2. The number of fused-ring (bicyclic) bond motifs is 1. The van der Waals surface area contributed by atoms with Gasteiger partial charge in [0.15, 0.2) is 5.78 Å². The number of ether oxygens (including phenoxy) is 1. The van der Waals surface area contributed by atoms with Crippen LogP contribution in [-0.4, -0.2) is 36.2 Å². The Morgan fingerprint density at radius 2 is 1.71 bits per heavy atom. The number of carbonyl (C=O) groups excluding carboxylic acids is 3. The molecule has 1 heterocycles. The van der Waals surface area contributed by atoms with Crippen molar-refractivity contribution < 1.29 is 19.1 Å². The average molecular weight is 476 g/mol. The third-order valence-electron chi connectivity index (χ3n) is 6.81. The van der Waals surface area contributed by atoms with Crippen molar-refractivity contribution >= 4 is 29.2 Å². The zero-order valence-corrected chi connectivity index (χ0v) is 20.5. The molecule has 7 nitrogen and oxygen atoms in total. The van der Waals surface area contributed by atoms with E-state index in [1.165, 1.54) is 4.90 Å². The summed E-state index contributed by atoms with van der Waals surface area (Å²) in [5, 5.41) is 2.61. The highest BCUT2D eigenvalue weighted by molar-refractivity contribution is 6.14. The lowest BCUT2D eigenvalue weighted by Crippen LogP contribution is -2.49. The van der Waals surface area contributed by atoms with Crippen molar-refractivity contribution in [3.05, 3.63) is 65.2 Å². The van der Waals surface area contributed by atoms with Gasteiger partial charge in [-0.25, -0.2) is 4.79 Å². The quantitative estimate of drug-likeness (QED) is 0.599. The van der Waals surface area contributed by atoms with Crippen molar-refractivity contribution in [3.63, 3.8) is 0 Å². The zero-order chi connectivity index (χ0) is 24.8. The Labute approximate surface area is 206 Å².